The van der Waals surface area contributed by atoms with E-state index >= 15 is 0 Å². The number of nitrogens with one attached hydrogen (secondary N) is 1. The van der Waals surface area contributed by atoms with Gasteiger partial charge in [-0.05, 0) is 6.07 Å². The summed E-state index contributed by atoms with van der Waals surface area (Å²) < 4.78 is 5.36. The molecule has 2 aromatic rings. The second-order valence-corrected chi connectivity index (χ2v) is 4.27. The van der Waals surface area contributed by atoms with Crippen molar-refractivity contribution < 1.29 is 20.1 Å². The van der Waals surface area contributed by atoms with Crippen molar-refractivity contribution in [2.24, 2.45) is 0 Å². The summed E-state index contributed by atoms with van der Waals surface area (Å²) in [5, 5.41) is 29.4. The first-order chi connectivity index (χ1) is 8.70. The SMILES string of the molecule is OC[C@H]1OC(c2ncc3cc[nH]c3n2)[C@H](O)[C@@H]1O. The second kappa shape index (κ2) is 4.29. The molecule has 7 heteroatoms. The lowest BCUT2D eigenvalue weighted by molar-refractivity contribution is -0.0252. The van der Waals surface area contributed by atoms with Crippen LogP contribution in [0.1, 0.15) is 11.9 Å². The van der Waals surface area contributed by atoms with Crippen molar-refractivity contribution >= 4 is 11.0 Å². The molecule has 0 aromatic carbocycles. The van der Waals surface area contributed by atoms with Gasteiger partial charge in [-0.3, -0.25) is 0 Å². The van der Waals surface area contributed by atoms with Crippen LogP contribution >= 0.6 is 0 Å². The number of fused-ring (bicyclic) bond motifs is 1. The van der Waals surface area contributed by atoms with Gasteiger partial charge in [0.1, 0.15) is 30.1 Å². The predicted octanol–water partition coefficient (Wildman–Crippen LogP) is -0.888. The molecule has 96 valence electrons. The zero-order valence-corrected chi connectivity index (χ0v) is 9.39. The van der Waals surface area contributed by atoms with E-state index in [-0.39, 0.29) is 12.4 Å². The third kappa shape index (κ3) is 1.68. The van der Waals surface area contributed by atoms with E-state index in [1.54, 1.807) is 12.4 Å². The van der Waals surface area contributed by atoms with Gasteiger partial charge in [0.2, 0.25) is 0 Å². The summed E-state index contributed by atoms with van der Waals surface area (Å²) in [5.41, 5.74) is 0.637. The topological polar surface area (TPSA) is 111 Å². The number of aromatic nitrogens is 3. The maximum atomic E-state index is 9.86. The van der Waals surface area contributed by atoms with Gasteiger partial charge in [0.25, 0.3) is 0 Å². The van der Waals surface area contributed by atoms with Crippen molar-refractivity contribution in [1.82, 2.24) is 15.0 Å². The van der Waals surface area contributed by atoms with E-state index in [2.05, 4.69) is 15.0 Å². The van der Waals surface area contributed by atoms with E-state index in [4.69, 9.17) is 9.84 Å². The molecule has 0 spiro atoms. The third-order valence-electron chi connectivity index (χ3n) is 3.12. The van der Waals surface area contributed by atoms with Gasteiger partial charge < -0.3 is 25.0 Å². The normalized spacial score (nSPS) is 32.2. The van der Waals surface area contributed by atoms with Gasteiger partial charge in [-0.15, -0.1) is 0 Å². The highest BCUT2D eigenvalue weighted by molar-refractivity contribution is 5.73. The molecule has 18 heavy (non-hydrogen) atoms. The first-order valence-corrected chi connectivity index (χ1v) is 5.63. The summed E-state index contributed by atoms with van der Waals surface area (Å²) in [6.45, 7) is -0.362. The average molecular weight is 251 g/mol. The Hall–Kier alpha value is -1.54. The van der Waals surface area contributed by atoms with Crippen molar-refractivity contribution in [2.45, 2.75) is 24.4 Å². The molecule has 1 aliphatic heterocycles. The molecular formula is C11H13N3O4. The van der Waals surface area contributed by atoms with E-state index in [9.17, 15) is 10.2 Å². The molecule has 1 fully saturated rings. The molecule has 0 bridgehead atoms. The first kappa shape index (κ1) is 11.5. The van der Waals surface area contributed by atoms with Crippen LogP contribution in [0.4, 0.5) is 0 Å². The molecule has 0 radical (unpaired) electrons. The van der Waals surface area contributed by atoms with Crippen LogP contribution in [0.5, 0.6) is 0 Å². The summed E-state index contributed by atoms with van der Waals surface area (Å²) >= 11 is 0. The molecular weight excluding hydrogens is 238 g/mol. The zero-order chi connectivity index (χ0) is 12.7. The van der Waals surface area contributed by atoms with Crippen LogP contribution in [-0.2, 0) is 4.74 Å². The predicted molar refractivity (Wildman–Crippen MR) is 60.6 cm³/mol. The van der Waals surface area contributed by atoms with Gasteiger partial charge in [-0.25, -0.2) is 9.97 Å². The summed E-state index contributed by atoms with van der Waals surface area (Å²) in [4.78, 5) is 11.3. The Morgan fingerprint density at radius 3 is 2.89 bits per heavy atom. The molecule has 4 N–H and O–H groups in total. The maximum Gasteiger partial charge on any atom is 0.162 e. The fourth-order valence-electron chi connectivity index (χ4n) is 2.10. The van der Waals surface area contributed by atoms with Crippen LogP contribution in [0, 0.1) is 0 Å². The van der Waals surface area contributed by atoms with E-state index in [0.717, 1.165) is 5.39 Å². The van der Waals surface area contributed by atoms with Gasteiger partial charge in [-0.1, -0.05) is 0 Å². The van der Waals surface area contributed by atoms with E-state index in [0.29, 0.717) is 5.65 Å². The minimum Gasteiger partial charge on any atom is -0.394 e. The van der Waals surface area contributed by atoms with Crippen molar-refractivity contribution in [3.8, 4) is 0 Å². The van der Waals surface area contributed by atoms with Crippen molar-refractivity contribution in [3.05, 3.63) is 24.3 Å². The number of aliphatic hydroxyl groups is 3. The maximum absolute atomic E-state index is 9.86. The van der Waals surface area contributed by atoms with Crippen LogP contribution in [0.2, 0.25) is 0 Å². The Morgan fingerprint density at radius 2 is 2.17 bits per heavy atom. The lowest BCUT2D eigenvalue weighted by Crippen LogP contribution is -2.32. The number of aliphatic hydroxyl groups excluding tert-OH is 3. The molecule has 1 unspecified atom stereocenters. The Kier molecular flexibility index (Phi) is 2.75. The summed E-state index contributed by atoms with van der Waals surface area (Å²) in [6.07, 6.45) is -0.570. The van der Waals surface area contributed by atoms with Crippen molar-refractivity contribution in [1.29, 1.82) is 0 Å². The molecule has 0 saturated carbocycles. The lowest BCUT2D eigenvalue weighted by atomic mass is 10.1. The second-order valence-electron chi connectivity index (χ2n) is 4.27. The average Bonchev–Trinajstić information content (AvgIpc) is 2.95. The number of nitrogens with zero attached hydrogens (tertiary/aromatic N) is 2. The molecule has 1 saturated heterocycles. The fraction of sp³-hybridized carbons (Fsp3) is 0.455. The molecule has 0 amide bonds. The number of hydrogen-bond acceptors (Lipinski definition) is 6. The van der Waals surface area contributed by atoms with Crippen LogP contribution in [0.25, 0.3) is 11.0 Å². The summed E-state index contributed by atoms with van der Waals surface area (Å²) in [7, 11) is 0. The lowest BCUT2D eigenvalue weighted by Gasteiger charge is -2.12. The van der Waals surface area contributed by atoms with E-state index in [1.807, 2.05) is 6.07 Å². The van der Waals surface area contributed by atoms with Crippen LogP contribution in [-0.4, -0.2) is 55.2 Å². The Morgan fingerprint density at radius 1 is 1.33 bits per heavy atom. The molecule has 0 aliphatic carbocycles. The van der Waals surface area contributed by atoms with Crippen molar-refractivity contribution in [3.63, 3.8) is 0 Å². The van der Waals surface area contributed by atoms with Gasteiger partial charge in [0.15, 0.2) is 5.82 Å². The Labute approximate surface area is 102 Å². The van der Waals surface area contributed by atoms with Gasteiger partial charge >= 0.3 is 0 Å². The van der Waals surface area contributed by atoms with Crippen LogP contribution < -0.4 is 0 Å². The zero-order valence-electron chi connectivity index (χ0n) is 9.39. The highest BCUT2D eigenvalue weighted by Gasteiger charge is 2.44. The van der Waals surface area contributed by atoms with Crippen LogP contribution in [0.3, 0.4) is 0 Å². The summed E-state index contributed by atoms with van der Waals surface area (Å²) in [5.74, 6) is 0.285. The van der Waals surface area contributed by atoms with Gasteiger partial charge in [0, 0.05) is 17.8 Å². The monoisotopic (exact) mass is 251 g/mol. The molecule has 4 atom stereocenters. The fourth-order valence-corrected chi connectivity index (χ4v) is 2.10. The number of rotatable bonds is 2. The quantitative estimate of drug-likeness (QED) is 0.551. The van der Waals surface area contributed by atoms with Gasteiger partial charge in [-0.2, -0.15) is 0 Å². The minimum atomic E-state index is -1.14. The Balaban J connectivity index is 1.94. The molecule has 7 nitrogen and oxygen atoms in total. The molecule has 3 heterocycles. The summed E-state index contributed by atoms with van der Waals surface area (Å²) in [6, 6.07) is 1.83. The number of hydrogen-bond donors (Lipinski definition) is 4. The Bertz CT molecular complexity index is 558. The molecule has 1 aliphatic rings. The number of aromatic amines is 1. The van der Waals surface area contributed by atoms with E-state index in [1.165, 1.54) is 0 Å². The smallest absolute Gasteiger partial charge is 0.162 e. The molecule has 2 aromatic heterocycles. The van der Waals surface area contributed by atoms with Crippen molar-refractivity contribution in [2.75, 3.05) is 6.61 Å². The van der Waals surface area contributed by atoms with E-state index < -0.39 is 24.4 Å². The van der Waals surface area contributed by atoms with Crippen LogP contribution in [0.15, 0.2) is 18.5 Å². The highest BCUT2D eigenvalue weighted by Crippen LogP contribution is 2.31. The minimum absolute atomic E-state index is 0.285. The number of ether oxygens (including phenoxy) is 1. The largest absolute Gasteiger partial charge is 0.394 e. The first-order valence-electron chi connectivity index (χ1n) is 5.63. The standard InChI is InChI=1S/C11H13N3O4/c15-4-6-7(16)8(17)9(18-6)11-13-3-5-1-2-12-10(5)14-11/h1-3,6-9,15-17H,4H2,(H,12,13,14)/t6-,7-,8-,9?/m1/s1. The molecule has 3 rings (SSSR count). The number of H-pyrrole nitrogens is 1. The third-order valence-corrected chi connectivity index (χ3v) is 3.12. The van der Waals surface area contributed by atoms with Gasteiger partial charge in [0.05, 0.1) is 6.61 Å². The highest BCUT2D eigenvalue weighted by atomic mass is 16.6.